The molecule has 27 heavy (non-hydrogen) atoms. The largest absolute Gasteiger partial charge is 0.326 e. The minimum atomic E-state index is -4.60. The van der Waals surface area contributed by atoms with Crippen LogP contribution in [-0.2, 0) is 14.9 Å². The van der Waals surface area contributed by atoms with Crippen molar-refractivity contribution in [1.29, 1.82) is 10.5 Å². The number of hydrogen-bond donors (Lipinski definition) is 3. The van der Waals surface area contributed by atoms with Crippen LogP contribution in [0.5, 0.6) is 0 Å². The molecule has 0 spiro atoms. The van der Waals surface area contributed by atoms with Gasteiger partial charge in [0, 0.05) is 12.6 Å². The number of hydrazone groups is 1. The van der Waals surface area contributed by atoms with Crippen LogP contribution >= 0.6 is 0 Å². The van der Waals surface area contributed by atoms with E-state index in [1.807, 2.05) is 0 Å². The summed E-state index contributed by atoms with van der Waals surface area (Å²) in [6.07, 6.45) is 0. The Labute approximate surface area is 155 Å². The van der Waals surface area contributed by atoms with Crippen LogP contribution in [0.4, 0.5) is 11.4 Å². The molecule has 0 aliphatic heterocycles. The molecule has 136 valence electrons. The summed E-state index contributed by atoms with van der Waals surface area (Å²) < 4.78 is 32.8. The van der Waals surface area contributed by atoms with Crippen LogP contribution in [0.25, 0.3) is 11.1 Å². The Morgan fingerprint density at radius 3 is 2.19 bits per heavy atom. The van der Waals surface area contributed by atoms with Gasteiger partial charge in [0.25, 0.3) is 10.1 Å². The molecule has 0 aromatic heterocycles. The van der Waals surface area contributed by atoms with E-state index in [1.54, 1.807) is 30.3 Å². The molecule has 1 amide bonds. The zero-order valence-corrected chi connectivity index (χ0v) is 14.8. The molecule has 0 aliphatic carbocycles. The minimum Gasteiger partial charge on any atom is -0.326 e. The van der Waals surface area contributed by atoms with Gasteiger partial charge in [-0.05, 0) is 35.4 Å². The van der Waals surface area contributed by atoms with Crippen molar-refractivity contribution in [3.63, 3.8) is 0 Å². The highest BCUT2D eigenvalue weighted by Crippen LogP contribution is 2.29. The summed E-state index contributed by atoms with van der Waals surface area (Å²) >= 11 is 0. The number of amides is 1. The highest BCUT2D eigenvalue weighted by molar-refractivity contribution is 7.86. The molecule has 0 bridgehead atoms. The molecular weight excluding hydrogens is 370 g/mol. The Morgan fingerprint density at radius 2 is 1.67 bits per heavy atom. The molecule has 9 nitrogen and oxygen atoms in total. The maximum atomic E-state index is 11.7. The molecule has 0 saturated heterocycles. The molecular formula is C17H13N5O4S. The lowest BCUT2D eigenvalue weighted by molar-refractivity contribution is -0.114. The van der Waals surface area contributed by atoms with Gasteiger partial charge in [-0.15, -0.1) is 0 Å². The van der Waals surface area contributed by atoms with Crippen molar-refractivity contribution in [2.24, 2.45) is 5.10 Å². The average molecular weight is 383 g/mol. The lowest BCUT2D eigenvalue weighted by Crippen LogP contribution is -2.05. The number of nitrogens with zero attached hydrogens (tertiary/aromatic N) is 3. The van der Waals surface area contributed by atoms with Gasteiger partial charge in [0.15, 0.2) is 0 Å². The molecule has 0 aliphatic rings. The number of carbonyl (C=O) groups excluding carboxylic acids is 1. The molecule has 0 fully saturated rings. The maximum Gasteiger partial charge on any atom is 0.296 e. The fourth-order valence-corrected chi connectivity index (χ4v) is 2.82. The quantitative estimate of drug-likeness (QED) is 0.406. The number of carbonyl (C=O) groups is 1. The molecule has 0 radical (unpaired) electrons. The van der Waals surface area contributed by atoms with Crippen molar-refractivity contribution in [2.75, 3.05) is 10.7 Å². The summed E-state index contributed by atoms with van der Waals surface area (Å²) in [5.41, 5.74) is 3.38. The van der Waals surface area contributed by atoms with Crippen molar-refractivity contribution in [3.8, 4) is 23.3 Å². The second kappa shape index (κ2) is 8.10. The molecule has 3 N–H and O–H groups in total. The van der Waals surface area contributed by atoms with Crippen LogP contribution in [0.2, 0.25) is 0 Å². The highest BCUT2D eigenvalue weighted by Gasteiger charge is 2.17. The van der Waals surface area contributed by atoms with Gasteiger partial charge in [0.1, 0.15) is 17.0 Å². The molecule has 2 rings (SSSR count). The third kappa shape index (κ3) is 5.12. The van der Waals surface area contributed by atoms with Gasteiger partial charge < -0.3 is 5.32 Å². The standard InChI is InChI=1S/C17H13N5O4S/c1-11(23)20-14-5-2-12(3-6-14)13-4-7-16(17(8-13)27(24,25)26)22-21-15(9-18)10-19/h2-8,22H,1H3,(H,20,23)(H,24,25,26). The van der Waals surface area contributed by atoms with Gasteiger partial charge in [-0.2, -0.15) is 24.0 Å². The summed E-state index contributed by atoms with van der Waals surface area (Å²) in [5.74, 6) is -0.221. The molecule has 0 atom stereocenters. The lowest BCUT2D eigenvalue weighted by atomic mass is 10.0. The van der Waals surface area contributed by atoms with Crippen LogP contribution < -0.4 is 10.7 Å². The van der Waals surface area contributed by atoms with Gasteiger partial charge >= 0.3 is 0 Å². The Hall–Kier alpha value is -3.73. The topological polar surface area (TPSA) is 155 Å². The third-order valence-electron chi connectivity index (χ3n) is 3.30. The average Bonchev–Trinajstić information content (AvgIpc) is 2.62. The van der Waals surface area contributed by atoms with Crippen LogP contribution in [0.3, 0.4) is 0 Å². The van der Waals surface area contributed by atoms with Gasteiger partial charge in [-0.25, -0.2) is 0 Å². The van der Waals surface area contributed by atoms with E-state index in [0.29, 0.717) is 16.8 Å². The van der Waals surface area contributed by atoms with E-state index in [4.69, 9.17) is 10.5 Å². The summed E-state index contributed by atoms with van der Waals surface area (Å²) in [5, 5.41) is 23.4. The summed E-state index contributed by atoms with van der Waals surface area (Å²) in [6, 6.07) is 13.8. The predicted octanol–water partition coefficient (Wildman–Crippen LogP) is 2.37. The van der Waals surface area contributed by atoms with E-state index >= 15 is 0 Å². The number of benzene rings is 2. The normalized spacial score (nSPS) is 10.2. The van der Waals surface area contributed by atoms with Crippen molar-refractivity contribution in [1.82, 2.24) is 0 Å². The molecule has 2 aromatic carbocycles. The van der Waals surface area contributed by atoms with Crippen molar-refractivity contribution in [3.05, 3.63) is 42.5 Å². The van der Waals surface area contributed by atoms with Gasteiger partial charge in [0.2, 0.25) is 11.6 Å². The van der Waals surface area contributed by atoms with Crippen molar-refractivity contribution >= 4 is 33.1 Å². The van der Waals surface area contributed by atoms with E-state index in [9.17, 15) is 17.8 Å². The number of hydrogen-bond acceptors (Lipinski definition) is 7. The van der Waals surface area contributed by atoms with E-state index in [1.165, 1.54) is 31.2 Å². The zero-order chi connectivity index (χ0) is 20.0. The molecule has 0 saturated carbocycles. The second-order valence-corrected chi connectivity index (χ2v) is 6.63. The van der Waals surface area contributed by atoms with Crippen molar-refractivity contribution in [2.45, 2.75) is 11.8 Å². The fourth-order valence-electron chi connectivity index (χ4n) is 2.15. The molecule has 0 unspecified atom stereocenters. The van der Waals surface area contributed by atoms with Crippen molar-refractivity contribution < 1.29 is 17.8 Å². The molecule has 10 heteroatoms. The van der Waals surface area contributed by atoms with Gasteiger partial charge in [0.05, 0.1) is 5.69 Å². The maximum absolute atomic E-state index is 11.7. The SMILES string of the molecule is CC(=O)Nc1ccc(-c2ccc(NN=C(C#N)C#N)c(S(=O)(=O)O)c2)cc1. The Bertz CT molecular complexity index is 1080. The summed E-state index contributed by atoms with van der Waals surface area (Å²) in [6.45, 7) is 1.38. The first-order valence-electron chi connectivity index (χ1n) is 7.38. The zero-order valence-electron chi connectivity index (χ0n) is 14.0. The Morgan fingerprint density at radius 1 is 1.07 bits per heavy atom. The van der Waals surface area contributed by atoms with Crippen LogP contribution in [-0.4, -0.2) is 24.6 Å². The van der Waals surface area contributed by atoms with Crippen LogP contribution in [0.1, 0.15) is 6.92 Å². The first-order valence-corrected chi connectivity index (χ1v) is 8.82. The van der Waals surface area contributed by atoms with Gasteiger partial charge in [-0.3, -0.25) is 14.8 Å². The van der Waals surface area contributed by atoms with Gasteiger partial charge in [-0.1, -0.05) is 18.2 Å². The number of nitrogens with one attached hydrogen (secondary N) is 2. The summed E-state index contributed by atoms with van der Waals surface area (Å²) in [7, 11) is -4.60. The first-order chi connectivity index (χ1) is 12.7. The first kappa shape index (κ1) is 19.6. The van der Waals surface area contributed by atoms with E-state index in [-0.39, 0.29) is 11.6 Å². The smallest absolute Gasteiger partial charge is 0.296 e. The number of anilines is 2. The van der Waals surface area contributed by atoms with E-state index in [2.05, 4.69) is 15.8 Å². The van der Waals surface area contributed by atoms with Crippen LogP contribution in [0.15, 0.2) is 52.5 Å². The molecule has 0 heterocycles. The highest BCUT2D eigenvalue weighted by atomic mass is 32.2. The monoisotopic (exact) mass is 383 g/mol. The minimum absolute atomic E-state index is 0.0980. The van der Waals surface area contributed by atoms with E-state index in [0.717, 1.165) is 0 Å². The Balaban J connectivity index is 2.44. The Kier molecular flexibility index (Phi) is 5.88. The number of rotatable bonds is 5. The van der Waals surface area contributed by atoms with Crippen LogP contribution in [0, 0.1) is 22.7 Å². The summed E-state index contributed by atoms with van der Waals surface area (Å²) in [4.78, 5) is 10.6. The second-order valence-electron chi connectivity index (χ2n) is 5.24. The fraction of sp³-hybridized carbons (Fsp3) is 0.0588. The lowest BCUT2D eigenvalue weighted by Gasteiger charge is -2.10. The third-order valence-corrected chi connectivity index (χ3v) is 4.19. The predicted molar refractivity (Wildman–Crippen MR) is 98.3 cm³/mol. The van der Waals surface area contributed by atoms with E-state index < -0.39 is 20.7 Å². The molecule has 2 aromatic rings. The number of nitriles is 2.